The standard InChI is InChI=1S/C30H48O6/c1-7-8-9-26(33)30(6,36)20-14-21-25(32)16-29(5)22(12-13-23(29)27(21)24(31)15-20)18(3)11-10-17(2)19(4)28(34)35/h18-20,22-24,26,31,33,36H,2,7-16H2,1,3-6H3,(H,34,35)/t18-,19+,20+,22-,23+,24+,26-,29-,30-/m1/s1. The third-order valence-corrected chi connectivity index (χ3v) is 10.3. The maximum Gasteiger partial charge on any atom is 0.310 e. The summed E-state index contributed by atoms with van der Waals surface area (Å²) in [6.45, 7) is 13.8. The van der Waals surface area contributed by atoms with Crippen molar-refractivity contribution in [3.8, 4) is 0 Å². The molecule has 1 fully saturated rings. The zero-order valence-corrected chi connectivity index (χ0v) is 22.9. The van der Waals surface area contributed by atoms with Gasteiger partial charge in [-0.15, -0.1) is 0 Å². The minimum absolute atomic E-state index is 0.0781. The number of aliphatic hydroxyl groups is 3. The van der Waals surface area contributed by atoms with E-state index in [1.165, 1.54) is 0 Å². The molecule has 0 aromatic carbocycles. The number of aliphatic hydroxyl groups excluding tert-OH is 2. The predicted octanol–water partition coefficient (Wildman–Crippen LogP) is 5.05. The molecule has 3 aliphatic rings. The van der Waals surface area contributed by atoms with Gasteiger partial charge in [-0.1, -0.05) is 45.8 Å². The SMILES string of the molecule is C=C(CC[C@@H](C)[C@H]1CC[C@H]2C3=C(C[C@H]([C@@](C)(O)[C@H](O)CCCC)C[C@@H]3O)C(=O)C[C@]12C)[C@H](C)C(=O)O. The van der Waals surface area contributed by atoms with Crippen LogP contribution in [-0.4, -0.2) is 50.0 Å². The van der Waals surface area contributed by atoms with Gasteiger partial charge >= 0.3 is 5.97 Å². The topological polar surface area (TPSA) is 115 Å². The summed E-state index contributed by atoms with van der Waals surface area (Å²) in [5.74, 6) is -0.910. The number of rotatable bonds is 11. The minimum atomic E-state index is -1.35. The number of ketones is 1. The van der Waals surface area contributed by atoms with Gasteiger partial charge in [-0.2, -0.15) is 0 Å². The Morgan fingerprint density at radius 1 is 1.25 bits per heavy atom. The molecular formula is C30H48O6. The average Bonchev–Trinajstić information content (AvgIpc) is 3.16. The first-order valence-corrected chi connectivity index (χ1v) is 14.0. The largest absolute Gasteiger partial charge is 0.481 e. The van der Waals surface area contributed by atoms with Crippen LogP contribution in [0.25, 0.3) is 0 Å². The van der Waals surface area contributed by atoms with Crippen LogP contribution in [0, 0.1) is 35.0 Å². The van der Waals surface area contributed by atoms with Crippen LogP contribution in [0.2, 0.25) is 0 Å². The van der Waals surface area contributed by atoms with E-state index in [2.05, 4.69) is 20.4 Å². The van der Waals surface area contributed by atoms with Crippen LogP contribution < -0.4 is 0 Å². The molecule has 0 aromatic heterocycles. The van der Waals surface area contributed by atoms with Crippen molar-refractivity contribution in [3.05, 3.63) is 23.3 Å². The van der Waals surface area contributed by atoms with E-state index in [0.717, 1.165) is 43.3 Å². The summed E-state index contributed by atoms with van der Waals surface area (Å²) in [4.78, 5) is 24.8. The highest BCUT2D eigenvalue weighted by atomic mass is 16.4. The van der Waals surface area contributed by atoms with Crippen molar-refractivity contribution in [2.45, 2.75) is 117 Å². The van der Waals surface area contributed by atoms with Crippen molar-refractivity contribution in [2.24, 2.45) is 35.0 Å². The van der Waals surface area contributed by atoms with Crippen molar-refractivity contribution in [1.29, 1.82) is 0 Å². The van der Waals surface area contributed by atoms with Gasteiger partial charge in [0.25, 0.3) is 0 Å². The van der Waals surface area contributed by atoms with Gasteiger partial charge in [-0.25, -0.2) is 0 Å². The summed E-state index contributed by atoms with van der Waals surface area (Å²) >= 11 is 0. The lowest BCUT2D eigenvalue weighted by atomic mass is 9.56. The lowest BCUT2D eigenvalue weighted by Crippen LogP contribution is -2.51. The number of carboxylic acid groups (broad SMARTS) is 1. The summed E-state index contributed by atoms with van der Waals surface area (Å²) in [5.41, 5.74) is 0.744. The summed E-state index contributed by atoms with van der Waals surface area (Å²) < 4.78 is 0. The number of carboxylic acids is 1. The third kappa shape index (κ3) is 5.37. The summed E-state index contributed by atoms with van der Waals surface area (Å²) in [6.07, 6.45) is 5.24. The molecule has 0 heterocycles. The number of hydrogen-bond donors (Lipinski definition) is 4. The number of aliphatic carboxylic acids is 1. The molecule has 9 atom stereocenters. The molecule has 4 N–H and O–H groups in total. The van der Waals surface area contributed by atoms with Crippen LogP contribution in [-0.2, 0) is 9.59 Å². The summed E-state index contributed by atoms with van der Waals surface area (Å²) in [7, 11) is 0. The van der Waals surface area contributed by atoms with Gasteiger partial charge in [0.1, 0.15) is 0 Å². The molecule has 0 radical (unpaired) electrons. The number of carbonyl (C=O) groups is 2. The minimum Gasteiger partial charge on any atom is -0.481 e. The first-order valence-electron chi connectivity index (χ1n) is 14.0. The fraction of sp³-hybridized carbons (Fsp3) is 0.800. The molecule has 3 aliphatic carbocycles. The lowest BCUT2D eigenvalue weighted by Gasteiger charge is -2.49. The van der Waals surface area contributed by atoms with Gasteiger partial charge in [0.05, 0.1) is 23.7 Å². The Bertz CT molecular complexity index is 888. The molecule has 204 valence electrons. The second-order valence-corrected chi connectivity index (χ2v) is 12.5. The lowest BCUT2D eigenvalue weighted by molar-refractivity contribution is -0.140. The van der Waals surface area contributed by atoms with Crippen LogP contribution in [0.1, 0.15) is 98.8 Å². The van der Waals surface area contributed by atoms with Crippen molar-refractivity contribution >= 4 is 11.8 Å². The van der Waals surface area contributed by atoms with E-state index in [0.29, 0.717) is 49.5 Å². The summed E-state index contributed by atoms with van der Waals surface area (Å²) in [6, 6.07) is 0. The van der Waals surface area contributed by atoms with Gasteiger partial charge < -0.3 is 20.4 Å². The van der Waals surface area contributed by atoms with Crippen LogP contribution >= 0.6 is 0 Å². The van der Waals surface area contributed by atoms with E-state index in [4.69, 9.17) is 0 Å². The molecule has 36 heavy (non-hydrogen) atoms. The van der Waals surface area contributed by atoms with Crippen LogP contribution in [0.4, 0.5) is 0 Å². The Morgan fingerprint density at radius 2 is 1.92 bits per heavy atom. The Morgan fingerprint density at radius 3 is 2.53 bits per heavy atom. The fourth-order valence-electron chi connectivity index (χ4n) is 7.59. The first kappa shape index (κ1) is 29.1. The molecule has 1 saturated carbocycles. The molecule has 0 spiro atoms. The first-order chi connectivity index (χ1) is 16.7. The van der Waals surface area contributed by atoms with E-state index >= 15 is 0 Å². The van der Waals surface area contributed by atoms with E-state index in [-0.39, 0.29) is 23.0 Å². The van der Waals surface area contributed by atoms with E-state index < -0.39 is 29.7 Å². The van der Waals surface area contributed by atoms with Crippen LogP contribution in [0.5, 0.6) is 0 Å². The monoisotopic (exact) mass is 504 g/mol. The molecule has 0 bridgehead atoms. The smallest absolute Gasteiger partial charge is 0.310 e. The number of fused-ring (bicyclic) bond motifs is 2. The maximum atomic E-state index is 13.5. The Hall–Kier alpha value is -1.50. The quantitative estimate of drug-likeness (QED) is 0.293. The van der Waals surface area contributed by atoms with E-state index in [1.54, 1.807) is 13.8 Å². The molecule has 3 rings (SSSR count). The highest BCUT2D eigenvalue weighted by Gasteiger charge is 2.57. The molecule has 6 heteroatoms. The zero-order chi connectivity index (χ0) is 27.0. The van der Waals surface area contributed by atoms with Crippen LogP contribution in [0.3, 0.4) is 0 Å². The van der Waals surface area contributed by atoms with Crippen molar-refractivity contribution < 1.29 is 30.0 Å². The van der Waals surface area contributed by atoms with E-state index in [1.807, 2.05) is 6.92 Å². The van der Waals surface area contributed by atoms with Gasteiger partial charge in [0.15, 0.2) is 5.78 Å². The van der Waals surface area contributed by atoms with Crippen molar-refractivity contribution in [2.75, 3.05) is 0 Å². The van der Waals surface area contributed by atoms with Crippen molar-refractivity contribution in [1.82, 2.24) is 0 Å². The molecule has 6 nitrogen and oxygen atoms in total. The Kier molecular flexibility index (Phi) is 8.95. The molecule has 0 aromatic rings. The maximum absolute atomic E-state index is 13.5. The number of unbranched alkanes of at least 4 members (excludes halogenated alkanes) is 1. The Labute approximate surface area is 216 Å². The highest BCUT2D eigenvalue weighted by molar-refractivity contribution is 5.98. The van der Waals surface area contributed by atoms with E-state index in [9.17, 15) is 30.0 Å². The second kappa shape index (κ2) is 11.1. The molecular weight excluding hydrogens is 456 g/mol. The summed E-state index contributed by atoms with van der Waals surface area (Å²) in [5, 5.41) is 42.5. The fourth-order valence-corrected chi connectivity index (χ4v) is 7.59. The van der Waals surface area contributed by atoms with Gasteiger partial charge in [0.2, 0.25) is 0 Å². The van der Waals surface area contributed by atoms with Crippen molar-refractivity contribution in [3.63, 3.8) is 0 Å². The predicted molar refractivity (Wildman–Crippen MR) is 140 cm³/mol. The number of hydrogen-bond acceptors (Lipinski definition) is 5. The Balaban J connectivity index is 1.77. The number of carbonyl (C=O) groups excluding carboxylic acids is 1. The number of Topliss-reactive ketones (excluding diaryl/α,β-unsaturated/α-hetero) is 1. The number of allylic oxidation sites excluding steroid dienone is 1. The highest BCUT2D eigenvalue weighted by Crippen LogP contribution is 2.61. The molecule has 0 aliphatic heterocycles. The zero-order valence-electron chi connectivity index (χ0n) is 22.9. The third-order valence-electron chi connectivity index (χ3n) is 10.3. The second-order valence-electron chi connectivity index (χ2n) is 12.5. The van der Waals surface area contributed by atoms with Crippen LogP contribution in [0.15, 0.2) is 23.3 Å². The molecule has 0 unspecified atom stereocenters. The van der Waals surface area contributed by atoms with Gasteiger partial charge in [0, 0.05) is 6.42 Å². The van der Waals surface area contributed by atoms with Gasteiger partial charge in [-0.05, 0) is 99.0 Å². The normalized spacial score (nSPS) is 34.4. The molecule has 0 saturated heterocycles. The molecule has 0 amide bonds. The van der Waals surface area contributed by atoms with Gasteiger partial charge in [-0.3, -0.25) is 9.59 Å². The average molecular weight is 505 g/mol.